The summed E-state index contributed by atoms with van der Waals surface area (Å²) in [5.74, 6) is 8.85. The minimum Gasteiger partial charge on any atom is -0.497 e. The Morgan fingerprint density at radius 1 is 0.962 bits per heavy atom. The Kier molecular flexibility index (Phi) is 9.73. The zero-order valence-electron chi connectivity index (χ0n) is 16.5. The Morgan fingerprint density at radius 2 is 1.69 bits per heavy atom. The van der Waals surface area contributed by atoms with Gasteiger partial charge in [0.1, 0.15) is 5.75 Å². The lowest BCUT2D eigenvalue weighted by molar-refractivity contribution is 0.289. The first-order valence-corrected chi connectivity index (χ1v) is 10.3. The lowest BCUT2D eigenvalue weighted by Gasteiger charge is -2.26. The van der Waals surface area contributed by atoms with Gasteiger partial charge >= 0.3 is 0 Å². The van der Waals surface area contributed by atoms with Crippen LogP contribution >= 0.6 is 0 Å². The second-order valence-corrected chi connectivity index (χ2v) is 7.38. The largest absolute Gasteiger partial charge is 0.497 e. The van der Waals surface area contributed by atoms with E-state index in [1.807, 2.05) is 42.5 Å². The summed E-state index contributed by atoms with van der Waals surface area (Å²) in [5, 5.41) is 0. The minimum atomic E-state index is 0.738. The lowest BCUT2D eigenvalue weighted by Crippen LogP contribution is -2.12. The second kappa shape index (κ2) is 12.4. The van der Waals surface area contributed by atoms with E-state index < -0.39 is 0 Å². The Morgan fingerprint density at radius 3 is 2.38 bits per heavy atom. The highest BCUT2D eigenvalue weighted by atomic mass is 16.5. The number of benzene rings is 1. The number of allylic oxidation sites excluding steroid dienone is 3. The summed E-state index contributed by atoms with van der Waals surface area (Å²) in [7, 11) is 1.68. The molecule has 1 fully saturated rings. The van der Waals surface area contributed by atoms with Crippen LogP contribution in [0.25, 0.3) is 6.08 Å². The van der Waals surface area contributed by atoms with Gasteiger partial charge in [0.05, 0.1) is 7.11 Å². The van der Waals surface area contributed by atoms with Gasteiger partial charge in [0.2, 0.25) is 0 Å². The molecule has 0 heterocycles. The standard InChI is InChI=1S/C25H34O/c1-3-4-5-8-11-22-14-16-23(17-15-22)12-9-6-7-10-13-24-18-20-25(26-2)21-19-24/h9-10,12-13,18-23H,3-5,8,11,14-17H2,1-2H3/t22-,23-. The summed E-state index contributed by atoms with van der Waals surface area (Å²) in [6.45, 7) is 2.29. The van der Waals surface area contributed by atoms with Gasteiger partial charge in [-0.15, -0.1) is 0 Å². The van der Waals surface area contributed by atoms with Crippen molar-refractivity contribution in [2.45, 2.75) is 64.7 Å². The molecule has 26 heavy (non-hydrogen) atoms. The molecule has 0 N–H and O–H groups in total. The summed E-state index contributed by atoms with van der Waals surface area (Å²) >= 11 is 0. The highest BCUT2D eigenvalue weighted by Gasteiger charge is 2.18. The van der Waals surface area contributed by atoms with Gasteiger partial charge in [-0.1, -0.05) is 69.1 Å². The summed E-state index contributed by atoms with van der Waals surface area (Å²) in [6, 6.07) is 8.00. The van der Waals surface area contributed by atoms with Crippen molar-refractivity contribution < 1.29 is 4.74 Å². The molecule has 0 unspecified atom stereocenters. The van der Waals surface area contributed by atoms with Crippen LogP contribution in [0.3, 0.4) is 0 Å². The van der Waals surface area contributed by atoms with Gasteiger partial charge in [0, 0.05) is 0 Å². The molecule has 1 nitrogen and oxygen atoms in total. The Labute approximate surface area is 160 Å². The van der Waals surface area contributed by atoms with E-state index >= 15 is 0 Å². The van der Waals surface area contributed by atoms with Crippen molar-refractivity contribution in [1.82, 2.24) is 0 Å². The maximum Gasteiger partial charge on any atom is 0.118 e. The Balaban J connectivity index is 1.65. The number of methoxy groups -OCH3 is 1. The molecule has 1 aromatic carbocycles. The number of hydrogen-bond acceptors (Lipinski definition) is 1. The van der Waals surface area contributed by atoms with Crippen molar-refractivity contribution >= 4 is 6.08 Å². The van der Waals surface area contributed by atoms with Crippen molar-refractivity contribution in [2.24, 2.45) is 11.8 Å². The van der Waals surface area contributed by atoms with Crippen molar-refractivity contribution in [3.05, 3.63) is 48.1 Å². The van der Waals surface area contributed by atoms with Gasteiger partial charge in [0.15, 0.2) is 0 Å². The number of hydrogen-bond donors (Lipinski definition) is 0. The van der Waals surface area contributed by atoms with Gasteiger partial charge in [-0.2, -0.15) is 0 Å². The number of rotatable bonds is 8. The molecule has 0 amide bonds. The van der Waals surface area contributed by atoms with Crippen LogP contribution in [0.4, 0.5) is 0 Å². The summed E-state index contributed by atoms with van der Waals surface area (Å²) in [5.41, 5.74) is 1.14. The quantitative estimate of drug-likeness (QED) is 0.361. The Bertz CT molecular complexity index is 604. The molecule has 2 rings (SSSR count). The molecule has 0 saturated heterocycles. The second-order valence-electron chi connectivity index (χ2n) is 7.38. The molecule has 0 aliphatic heterocycles. The molecule has 1 heteroatoms. The van der Waals surface area contributed by atoms with Gasteiger partial charge in [-0.25, -0.2) is 0 Å². The molecular weight excluding hydrogens is 316 g/mol. The Hall–Kier alpha value is -1.94. The third kappa shape index (κ3) is 7.96. The van der Waals surface area contributed by atoms with Crippen molar-refractivity contribution in [3.63, 3.8) is 0 Å². The smallest absolute Gasteiger partial charge is 0.118 e. The predicted molar refractivity (Wildman–Crippen MR) is 113 cm³/mol. The molecule has 1 aromatic rings. The van der Waals surface area contributed by atoms with E-state index in [1.165, 1.54) is 57.8 Å². The maximum atomic E-state index is 5.16. The van der Waals surface area contributed by atoms with Gasteiger partial charge in [-0.05, 0) is 73.4 Å². The number of unbranched alkanes of at least 4 members (excludes halogenated alkanes) is 3. The molecule has 0 radical (unpaired) electrons. The molecule has 0 atom stereocenters. The average molecular weight is 351 g/mol. The van der Waals surface area contributed by atoms with E-state index in [0.717, 1.165) is 23.1 Å². The molecule has 0 spiro atoms. The van der Waals surface area contributed by atoms with Crippen molar-refractivity contribution in [2.75, 3.05) is 7.11 Å². The third-order valence-corrected chi connectivity index (χ3v) is 5.37. The fraction of sp³-hybridized carbons (Fsp3) is 0.520. The molecule has 1 aliphatic carbocycles. The van der Waals surface area contributed by atoms with Crippen LogP contribution in [0.1, 0.15) is 70.3 Å². The summed E-state index contributed by atoms with van der Waals surface area (Å²) in [6.07, 6.45) is 20.9. The van der Waals surface area contributed by atoms with Crippen LogP contribution < -0.4 is 4.74 Å². The van der Waals surface area contributed by atoms with E-state index in [4.69, 9.17) is 4.74 Å². The van der Waals surface area contributed by atoms with Crippen LogP contribution in [-0.4, -0.2) is 7.11 Å². The normalized spacial score (nSPS) is 20.2. The SMILES string of the molecule is CCCCCC[C@H]1CC[C@H](C=CC#CC=Cc2ccc(OC)cc2)CC1. The highest BCUT2D eigenvalue weighted by Crippen LogP contribution is 2.32. The fourth-order valence-electron chi connectivity index (χ4n) is 3.66. The number of ether oxygens (including phenoxy) is 1. The van der Waals surface area contributed by atoms with E-state index in [1.54, 1.807) is 7.11 Å². The van der Waals surface area contributed by atoms with Gasteiger partial charge < -0.3 is 4.74 Å². The van der Waals surface area contributed by atoms with Gasteiger partial charge in [0.25, 0.3) is 0 Å². The van der Waals surface area contributed by atoms with E-state index in [0.29, 0.717) is 0 Å². The zero-order valence-corrected chi connectivity index (χ0v) is 16.5. The molecule has 1 saturated carbocycles. The van der Waals surface area contributed by atoms with E-state index in [-0.39, 0.29) is 0 Å². The first kappa shape index (κ1) is 20.4. The molecule has 140 valence electrons. The van der Waals surface area contributed by atoms with Crippen LogP contribution in [0, 0.1) is 23.7 Å². The highest BCUT2D eigenvalue weighted by molar-refractivity contribution is 5.54. The monoisotopic (exact) mass is 350 g/mol. The zero-order chi connectivity index (χ0) is 18.5. The van der Waals surface area contributed by atoms with Gasteiger partial charge in [-0.3, -0.25) is 0 Å². The van der Waals surface area contributed by atoms with Crippen molar-refractivity contribution in [1.29, 1.82) is 0 Å². The predicted octanol–water partition coefficient (Wildman–Crippen LogP) is 7.04. The fourth-order valence-corrected chi connectivity index (χ4v) is 3.66. The minimum absolute atomic E-state index is 0.738. The van der Waals surface area contributed by atoms with E-state index in [2.05, 4.69) is 24.8 Å². The maximum absolute atomic E-state index is 5.16. The first-order chi connectivity index (χ1) is 12.8. The van der Waals surface area contributed by atoms with Crippen LogP contribution in [0.15, 0.2) is 42.5 Å². The van der Waals surface area contributed by atoms with Crippen LogP contribution in [0.5, 0.6) is 5.75 Å². The molecule has 0 aromatic heterocycles. The molecule has 1 aliphatic rings. The molecular formula is C25H34O. The lowest BCUT2D eigenvalue weighted by atomic mass is 9.79. The third-order valence-electron chi connectivity index (χ3n) is 5.37. The van der Waals surface area contributed by atoms with Crippen molar-refractivity contribution in [3.8, 4) is 17.6 Å². The molecule has 0 bridgehead atoms. The van der Waals surface area contributed by atoms with Crippen LogP contribution in [0.2, 0.25) is 0 Å². The van der Waals surface area contributed by atoms with Crippen LogP contribution in [-0.2, 0) is 0 Å². The summed E-state index contributed by atoms with van der Waals surface area (Å²) in [4.78, 5) is 0. The summed E-state index contributed by atoms with van der Waals surface area (Å²) < 4.78 is 5.16. The average Bonchev–Trinajstić information content (AvgIpc) is 2.69. The topological polar surface area (TPSA) is 9.23 Å². The van der Waals surface area contributed by atoms with E-state index in [9.17, 15) is 0 Å². The first-order valence-electron chi connectivity index (χ1n) is 10.3.